The quantitative estimate of drug-likeness (QED) is 0.915. The Balaban J connectivity index is 2.25. The molecule has 100 valence electrons. The van der Waals surface area contributed by atoms with Crippen LogP contribution >= 0.6 is 15.9 Å². The highest BCUT2D eigenvalue weighted by Gasteiger charge is 2.08. The van der Waals surface area contributed by atoms with Crippen LogP contribution in [0.4, 0.5) is 4.39 Å². The fraction of sp³-hybridized carbons (Fsp3) is 0.200. The van der Waals surface area contributed by atoms with Gasteiger partial charge >= 0.3 is 0 Å². The van der Waals surface area contributed by atoms with Crippen LogP contribution in [0, 0.1) is 12.7 Å². The molecule has 2 aromatic carbocycles. The first kappa shape index (κ1) is 14.0. The van der Waals surface area contributed by atoms with Crippen molar-refractivity contribution in [3.05, 3.63) is 57.8 Å². The van der Waals surface area contributed by atoms with Gasteiger partial charge in [0.2, 0.25) is 0 Å². The van der Waals surface area contributed by atoms with Gasteiger partial charge in [0, 0.05) is 0 Å². The first-order valence-electron chi connectivity index (χ1n) is 6.02. The average molecular weight is 324 g/mol. The number of benzene rings is 2. The number of rotatable bonds is 4. The highest BCUT2D eigenvalue weighted by atomic mass is 79.9. The number of nitrogens with two attached hydrogens (primary N) is 1. The molecule has 2 rings (SSSR count). The van der Waals surface area contributed by atoms with Crippen molar-refractivity contribution in [2.75, 3.05) is 6.54 Å². The van der Waals surface area contributed by atoms with Crippen molar-refractivity contribution < 1.29 is 9.13 Å². The SMILES string of the molecule is Cc1ccc(F)c(Oc2ccc(CCN)cc2Br)c1. The second-order valence-electron chi connectivity index (χ2n) is 4.34. The Labute approximate surface area is 120 Å². The number of halogens is 2. The molecule has 0 spiro atoms. The molecule has 0 atom stereocenters. The Kier molecular flexibility index (Phi) is 4.56. The van der Waals surface area contributed by atoms with E-state index in [0.717, 1.165) is 22.0 Å². The third-order valence-corrected chi connectivity index (χ3v) is 3.36. The monoisotopic (exact) mass is 323 g/mol. The minimum Gasteiger partial charge on any atom is -0.453 e. The van der Waals surface area contributed by atoms with Crippen molar-refractivity contribution in [2.24, 2.45) is 5.73 Å². The van der Waals surface area contributed by atoms with Crippen molar-refractivity contribution in [3.63, 3.8) is 0 Å². The molecule has 0 aliphatic carbocycles. The summed E-state index contributed by atoms with van der Waals surface area (Å²) in [5.74, 6) is 0.445. The molecule has 2 N–H and O–H groups in total. The second-order valence-corrected chi connectivity index (χ2v) is 5.19. The van der Waals surface area contributed by atoms with E-state index >= 15 is 0 Å². The van der Waals surface area contributed by atoms with Crippen LogP contribution in [0.3, 0.4) is 0 Å². The minimum atomic E-state index is -0.372. The van der Waals surface area contributed by atoms with Crippen LogP contribution < -0.4 is 10.5 Å². The predicted octanol–water partition coefficient (Wildman–Crippen LogP) is 4.19. The van der Waals surface area contributed by atoms with Crippen LogP contribution in [0.1, 0.15) is 11.1 Å². The molecule has 0 fully saturated rings. The van der Waals surface area contributed by atoms with E-state index in [1.807, 2.05) is 25.1 Å². The molecular formula is C15H15BrFNO. The van der Waals surface area contributed by atoms with Gasteiger partial charge in [-0.2, -0.15) is 0 Å². The average Bonchev–Trinajstić information content (AvgIpc) is 2.37. The summed E-state index contributed by atoms with van der Waals surface area (Å²) < 4.78 is 20.0. The Morgan fingerprint density at radius 2 is 1.95 bits per heavy atom. The van der Waals surface area contributed by atoms with Crippen molar-refractivity contribution in [1.82, 2.24) is 0 Å². The van der Waals surface area contributed by atoms with E-state index in [4.69, 9.17) is 10.5 Å². The smallest absolute Gasteiger partial charge is 0.165 e. The van der Waals surface area contributed by atoms with Crippen LogP contribution in [0.25, 0.3) is 0 Å². The first-order valence-corrected chi connectivity index (χ1v) is 6.82. The normalized spacial score (nSPS) is 10.5. The zero-order valence-corrected chi connectivity index (χ0v) is 12.2. The lowest BCUT2D eigenvalue weighted by Gasteiger charge is -2.10. The molecule has 0 heterocycles. The maximum Gasteiger partial charge on any atom is 0.165 e. The molecule has 4 heteroatoms. The lowest BCUT2D eigenvalue weighted by molar-refractivity contribution is 0.439. The fourth-order valence-corrected chi connectivity index (χ4v) is 2.26. The molecule has 2 aromatic rings. The summed E-state index contributed by atoms with van der Waals surface area (Å²) in [4.78, 5) is 0. The summed E-state index contributed by atoms with van der Waals surface area (Å²) in [6.45, 7) is 2.49. The topological polar surface area (TPSA) is 35.2 Å². The summed E-state index contributed by atoms with van der Waals surface area (Å²) in [6, 6.07) is 10.5. The lowest BCUT2D eigenvalue weighted by Crippen LogP contribution is -2.02. The molecule has 2 nitrogen and oxygen atoms in total. The summed E-state index contributed by atoms with van der Waals surface area (Å²) in [5, 5.41) is 0. The van der Waals surface area contributed by atoms with Crippen molar-refractivity contribution in [2.45, 2.75) is 13.3 Å². The van der Waals surface area contributed by atoms with Gasteiger partial charge in [0.25, 0.3) is 0 Å². The predicted molar refractivity (Wildman–Crippen MR) is 78.1 cm³/mol. The third-order valence-electron chi connectivity index (χ3n) is 2.74. The second kappa shape index (κ2) is 6.17. The van der Waals surface area contributed by atoms with Gasteiger partial charge in [-0.25, -0.2) is 4.39 Å². The molecule has 0 amide bonds. The first-order chi connectivity index (χ1) is 9.10. The van der Waals surface area contributed by atoms with E-state index in [0.29, 0.717) is 12.3 Å². The highest BCUT2D eigenvalue weighted by molar-refractivity contribution is 9.10. The van der Waals surface area contributed by atoms with E-state index in [-0.39, 0.29) is 11.6 Å². The molecule has 0 aliphatic heterocycles. The van der Waals surface area contributed by atoms with Gasteiger partial charge in [-0.1, -0.05) is 12.1 Å². The molecule has 0 unspecified atom stereocenters. The lowest BCUT2D eigenvalue weighted by atomic mass is 10.1. The number of hydrogen-bond donors (Lipinski definition) is 1. The Bertz CT molecular complexity index is 586. The van der Waals surface area contributed by atoms with Crippen molar-refractivity contribution in [1.29, 1.82) is 0 Å². The summed E-state index contributed by atoms with van der Waals surface area (Å²) in [5.41, 5.74) is 7.58. The largest absolute Gasteiger partial charge is 0.453 e. The van der Waals surface area contributed by atoms with Gasteiger partial charge in [-0.3, -0.25) is 0 Å². The molecule has 19 heavy (non-hydrogen) atoms. The Morgan fingerprint density at radius 1 is 1.16 bits per heavy atom. The van der Waals surface area contributed by atoms with E-state index in [1.165, 1.54) is 6.07 Å². The van der Waals surface area contributed by atoms with E-state index in [9.17, 15) is 4.39 Å². The Hall–Kier alpha value is -1.39. The van der Waals surface area contributed by atoms with Crippen LogP contribution in [0.5, 0.6) is 11.5 Å². The van der Waals surface area contributed by atoms with Gasteiger partial charge in [-0.15, -0.1) is 0 Å². The van der Waals surface area contributed by atoms with Gasteiger partial charge in [0.1, 0.15) is 5.75 Å². The molecule has 0 saturated heterocycles. The standard InChI is InChI=1S/C15H15BrFNO/c1-10-2-4-13(17)15(8-10)19-14-5-3-11(6-7-18)9-12(14)16/h2-5,8-9H,6-7,18H2,1H3. The molecular weight excluding hydrogens is 309 g/mol. The van der Waals surface area contributed by atoms with E-state index < -0.39 is 0 Å². The van der Waals surface area contributed by atoms with E-state index in [2.05, 4.69) is 15.9 Å². The number of aryl methyl sites for hydroxylation is 1. The molecule has 0 aliphatic rings. The summed E-state index contributed by atoms with van der Waals surface area (Å²) >= 11 is 3.43. The zero-order chi connectivity index (χ0) is 13.8. The highest BCUT2D eigenvalue weighted by Crippen LogP contribution is 2.32. The zero-order valence-electron chi connectivity index (χ0n) is 10.6. The molecule has 0 radical (unpaired) electrons. The van der Waals surface area contributed by atoms with Crippen LogP contribution in [-0.2, 0) is 6.42 Å². The van der Waals surface area contributed by atoms with Gasteiger partial charge in [0.05, 0.1) is 4.47 Å². The Morgan fingerprint density at radius 3 is 2.63 bits per heavy atom. The van der Waals surface area contributed by atoms with Crippen LogP contribution in [-0.4, -0.2) is 6.54 Å². The van der Waals surface area contributed by atoms with Gasteiger partial charge in [-0.05, 0) is 71.2 Å². The third kappa shape index (κ3) is 3.55. The minimum absolute atomic E-state index is 0.229. The fourth-order valence-electron chi connectivity index (χ4n) is 1.76. The van der Waals surface area contributed by atoms with Crippen molar-refractivity contribution >= 4 is 15.9 Å². The van der Waals surface area contributed by atoms with Crippen LogP contribution in [0.2, 0.25) is 0 Å². The number of ether oxygens (including phenoxy) is 1. The maximum absolute atomic E-state index is 13.6. The van der Waals surface area contributed by atoms with Crippen LogP contribution in [0.15, 0.2) is 40.9 Å². The maximum atomic E-state index is 13.6. The molecule has 0 aromatic heterocycles. The summed E-state index contributed by atoms with van der Waals surface area (Å²) in [7, 11) is 0. The van der Waals surface area contributed by atoms with Gasteiger partial charge in [0.15, 0.2) is 11.6 Å². The van der Waals surface area contributed by atoms with E-state index in [1.54, 1.807) is 12.1 Å². The van der Waals surface area contributed by atoms with Crippen molar-refractivity contribution in [3.8, 4) is 11.5 Å². The van der Waals surface area contributed by atoms with Gasteiger partial charge < -0.3 is 10.5 Å². The molecule has 0 saturated carbocycles. The summed E-state index contributed by atoms with van der Waals surface area (Å²) in [6.07, 6.45) is 0.803. The number of hydrogen-bond acceptors (Lipinski definition) is 2. The molecule has 0 bridgehead atoms.